The third-order valence-electron chi connectivity index (χ3n) is 5.16. The molecule has 0 aliphatic carbocycles. The molecule has 12 nitrogen and oxygen atoms in total. The smallest absolute Gasteiger partial charge is 0.344 e. The van der Waals surface area contributed by atoms with Crippen LogP contribution in [0.15, 0.2) is 53.6 Å². The van der Waals surface area contributed by atoms with Gasteiger partial charge in [0.05, 0.1) is 33.1 Å². The van der Waals surface area contributed by atoms with Crippen LogP contribution in [0.5, 0.6) is 11.5 Å². The van der Waals surface area contributed by atoms with Gasteiger partial charge < -0.3 is 29.2 Å². The lowest BCUT2D eigenvalue weighted by molar-refractivity contribution is -0.145. The number of benzene rings is 2. The van der Waals surface area contributed by atoms with E-state index < -0.39 is 5.97 Å². The van der Waals surface area contributed by atoms with E-state index in [0.717, 1.165) is 11.3 Å². The van der Waals surface area contributed by atoms with Crippen LogP contribution >= 0.6 is 0 Å². The van der Waals surface area contributed by atoms with Crippen molar-refractivity contribution in [1.82, 2.24) is 15.0 Å². The van der Waals surface area contributed by atoms with Gasteiger partial charge in [0.1, 0.15) is 0 Å². The third kappa shape index (κ3) is 7.51. The van der Waals surface area contributed by atoms with Crippen LogP contribution in [0.4, 0.5) is 23.5 Å². The summed E-state index contributed by atoms with van der Waals surface area (Å²) >= 11 is 0. The van der Waals surface area contributed by atoms with Gasteiger partial charge in [0.25, 0.3) is 0 Å². The van der Waals surface area contributed by atoms with Crippen LogP contribution in [0.1, 0.15) is 12.5 Å². The summed E-state index contributed by atoms with van der Waals surface area (Å²) in [4.78, 5) is 27.2. The molecule has 1 saturated heterocycles. The first-order valence-corrected chi connectivity index (χ1v) is 11.8. The summed E-state index contributed by atoms with van der Waals surface area (Å²) < 4.78 is 21.2. The first-order valence-electron chi connectivity index (χ1n) is 11.8. The van der Waals surface area contributed by atoms with E-state index in [0.29, 0.717) is 56.3 Å². The molecule has 0 bridgehead atoms. The minimum absolute atomic E-state index is 0.205. The van der Waals surface area contributed by atoms with Crippen molar-refractivity contribution in [3.63, 3.8) is 0 Å². The number of aromatic nitrogens is 3. The Bertz CT molecular complexity index is 1200. The second kappa shape index (κ2) is 13.0. The molecule has 3 aromatic rings. The average molecular weight is 508 g/mol. The van der Waals surface area contributed by atoms with Crippen molar-refractivity contribution in [3.05, 3.63) is 54.1 Å². The lowest BCUT2D eigenvalue weighted by atomic mass is 10.2. The van der Waals surface area contributed by atoms with Crippen LogP contribution in [0.2, 0.25) is 0 Å². The maximum atomic E-state index is 11.6. The van der Waals surface area contributed by atoms with Crippen LogP contribution in [0, 0.1) is 0 Å². The molecule has 1 aromatic heterocycles. The summed E-state index contributed by atoms with van der Waals surface area (Å²) in [5.74, 6) is 1.63. The van der Waals surface area contributed by atoms with E-state index in [1.54, 1.807) is 31.3 Å². The van der Waals surface area contributed by atoms with Crippen molar-refractivity contribution in [3.8, 4) is 11.5 Å². The molecule has 0 spiro atoms. The van der Waals surface area contributed by atoms with Crippen LogP contribution in [-0.4, -0.2) is 73.8 Å². The fourth-order valence-corrected chi connectivity index (χ4v) is 3.41. The predicted octanol–water partition coefficient (Wildman–Crippen LogP) is 2.85. The normalized spacial score (nSPS) is 13.3. The van der Waals surface area contributed by atoms with Crippen molar-refractivity contribution in [2.75, 3.05) is 62.3 Å². The minimum atomic E-state index is -0.450. The first kappa shape index (κ1) is 25.6. The third-order valence-corrected chi connectivity index (χ3v) is 5.16. The van der Waals surface area contributed by atoms with Gasteiger partial charge in [-0.05, 0) is 42.8 Å². The number of nitrogens with one attached hydrogen (secondary N) is 2. The number of carbonyl (C=O) groups excluding carboxylic acids is 1. The minimum Gasteiger partial charge on any atom is -0.493 e. The van der Waals surface area contributed by atoms with Gasteiger partial charge in [-0.15, -0.1) is 0 Å². The quantitative estimate of drug-likeness (QED) is 0.225. The summed E-state index contributed by atoms with van der Waals surface area (Å²) in [5.41, 5.74) is 4.47. The molecule has 2 heterocycles. The van der Waals surface area contributed by atoms with Crippen LogP contribution < -0.4 is 25.1 Å². The van der Waals surface area contributed by atoms with Gasteiger partial charge in [0.15, 0.2) is 18.1 Å². The predicted molar refractivity (Wildman–Crippen MR) is 139 cm³/mol. The van der Waals surface area contributed by atoms with E-state index >= 15 is 0 Å². The Balaban J connectivity index is 1.47. The molecule has 1 fully saturated rings. The van der Waals surface area contributed by atoms with Gasteiger partial charge in [0.2, 0.25) is 17.8 Å². The molecule has 37 heavy (non-hydrogen) atoms. The number of anilines is 4. The summed E-state index contributed by atoms with van der Waals surface area (Å²) in [5, 5.41) is 7.49. The highest BCUT2D eigenvalue weighted by atomic mass is 16.6. The van der Waals surface area contributed by atoms with Crippen LogP contribution in [0.25, 0.3) is 0 Å². The SMILES string of the molecule is CCOC(=O)COc1ccc(/C=N\Nc2nc(Nc3ccccc3)nc(N3CCOCC3)n2)cc1OC. The Morgan fingerprint density at radius 2 is 1.86 bits per heavy atom. The van der Waals surface area contributed by atoms with Crippen LogP contribution in [-0.2, 0) is 14.3 Å². The van der Waals surface area contributed by atoms with Gasteiger partial charge in [-0.1, -0.05) is 18.2 Å². The molecule has 1 aliphatic rings. The summed E-state index contributed by atoms with van der Waals surface area (Å²) in [6, 6.07) is 14.9. The van der Waals surface area contributed by atoms with E-state index in [2.05, 4.69) is 30.8 Å². The zero-order valence-electron chi connectivity index (χ0n) is 20.7. The maximum Gasteiger partial charge on any atom is 0.344 e. The topological polar surface area (TPSA) is 132 Å². The van der Waals surface area contributed by atoms with Crippen molar-refractivity contribution in [2.45, 2.75) is 6.92 Å². The highest BCUT2D eigenvalue weighted by Gasteiger charge is 2.17. The fraction of sp³-hybridized carbons (Fsp3) is 0.320. The van der Waals surface area contributed by atoms with Crippen molar-refractivity contribution >= 4 is 35.7 Å². The monoisotopic (exact) mass is 507 g/mol. The van der Waals surface area contributed by atoms with Crippen molar-refractivity contribution in [2.24, 2.45) is 5.10 Å². The molecule has 0 amide bonds. The van der Waals surface area contributed by atoms with Gasteiger partial charge in [-0.25, -0.2) is 10.2 Å². The Labute approximate surface area is 214 Å². The van der Waals surface area contributed by atoms with E-state index in [9.17, 15) is 4.79 Å². The number of morpholine rings is 1. The number of ether oxygens (including phenoxy) is 4. The Morgan fingerprint density at radius 3 is 2.62 bits per heavy atom. The molecule has 0 saturated carbocycles. The molecule has 0 unspecified atom stereocenters. The number of rotatable bonds is 11. The number of hydrogen-bond acceptors (Lipinski definition) is 12. The van der Waals surface area contributed by atoms with E-state index in [1.807, 2.05) is 35.2 Å². The standard InChI is InChI=1S/C25H29N7O5/c1-3-36-22(33)17-37-20-10-9-18(15-21(20)34-2)16-26-31-24-28-23(27-19-7-5-4-6-8-19)29-25(30-24)32-11-13-35-14-12-32/h4-10,15-16H,3,11-14,17H2,1-2H3,(H2,27,28,29,30,31)/b26-16-. The molecule has 194 valence electrons. The summed E-state index contributed by atoms with van der Waals surface area (Å²) in [6.45, 7) is 4.40. The lowest BCUT2D eigenvalue weighted by Gasteiger charge is -2.27. The second-order valence-corrected chi connectivity index (χ2v) is 7.75. The lowest BCUT2D eigenvalue weighted by Crippen LogP contribution is -2.37. The number of carbonyl (C=O) groups is 1. The van der Waals surface area contributed by atoms with Gasteiger partial charge in [0, 0.05) is 18.8 Å². The zero-order chi connectivity index (χ0) is 25.9. The maximum absolute atomic E-state index is 11.6. The number of nitrogens with zero attached hydrogens (tertiary/aromatic N) is 5. The summed E-state index contributed by atoms with van der Waals surface area (Å²) in [7, 11) is 1.52. The Morgan fingerprint density at radius 1 is 1.08 bits per heavy atom. The zero-order valence-corrected chi connectivity index (χ0v) is 20.7. The van der Waals surface area contributed by atoms with Crippen LogP contribution in [0.3, 0.4) is 0 Å². The highest BCUT2D eigenvalue weighted by molar-refractivity contribution is 5.81. The number of esters is 1. The molecular weight excluding hydrogens is 478 g/mol. The van der Waals surface area contributed by atoms with Gasteiger partial charge in [-0.2, -0.15) is 20.1 Å². The number of methoxy groups -OCH3 is 1. The molecule has 4 rings (SSSR count). The number of hydrogen-bond donors (Lipinski definition) is 2. The molecule has 0 radical (unpaired) electrons. The molecular formula is C25H29N7O5. The fourth-order valence-electron chi connectivity index (χ4n) is 3.41. The van der Waals surface area contributed by atoms with Crippen molar-refractivity contribution < 1.29 is 23.7 Å². The molecule has 0 atom stereocenters. The first-order chi connectivity index (χ1) is 18.1. The van der Waals surface area contributed by atoms with Gasteiger partial charge in [-0.3, -0.25) is 0 Å². The number of para-hydroxylation sites is 1. The van der Waals surface area contributed by atoms with Crippen molar-refractivity contribution in [1.29, 1.82) is 0 Å². The molecule has 12 heteroatoms. The molecule has 2 N–H and O–H groups in total. The Kier molecular flexibility index (Phi) is 9.02. The summed E-state index contributed by atoms with van der Waals surface area (Å²) in [6.07, 6.45) is 1.60. The highest BCUT2D eigenvalue weighted by Crippen LogP contribution is 2.27. The Hall–Kier alpha value is -4.45. The number of hydrazone groups is 1. The van der Waals surface area contributed by atoms with E-state index in [4.69, 9.17) is 18.9 Å². The molecule has 1 aliphatic heterocycles. The van der Waals surface area contributed by atoms with E-state index in [1.165, 1.54) is 7.11 Å². The molecule has 2 aromatic carbocycles. The van der Waals surface area contributed by atoms with Gasteiger partial charge >= 0.3 is 5.97 Å². The second-order valence-electron chi connectivity index (χ2n) is 7.75. The average Bonchev–Trinajstić information content (AvgIpc) is 2.93. The van der Waals surface area contributed by atoms with E-state index in [-0.39, 0.29) is 12.6 Å². The largest absolute Gasteiger partial charge is 0.493 e.